The van der Waals surface area contributed by atoms with Crippen molar-refractivity contribution in [2.45, 2.75) is 33.3 Å². The maximum Gasteiger partial charge on any atom is 0.0815 e. The molecule has 0 saturated carbocycles. The normalized spacial score (nSPS) is 15.4. The highest BCUT2D eigenvalue weighted by molar-refractivity contribution is 5.23. The van der Waals surface area contributed by atoms with E-state index in [4.69, 9.17) is 0 Å². The van der Waals surface area contributed by atoms with Gasteiger partial charge in [0.05, 0.1) is 6.10 Å². The van der Waals surface area contributed by atoms with Gasteiger partial charge in [0.25, 0.3) is 0 Å². The Morgan fingerprint density at radius 1 is 1.23 bits per heavy atom. The van der Waals surface area contributed by atoms with Gasteiger partial charge in [0.2, 0.25) is 0 Å². The Labute approximate surface area is 80.4 Å². The fourth-order valence-corrected chi connectivity index (χ4v) is 1.32. The number of aliphatic hydroxyl groups is 1. The van der Waals surface area contributed by atoms with Crippen molar-refractivity contribution in [3.63, 3.8) is 0 Å². The first-order chi connectivity index (χ1) is 6.15. The average Bonchev–Trinajstić information content (AvgIpc) is 2.17. The highest BCUT2D eigenvalue weighted by Crippen LogP contribution is 2.23. The largest absolute Gasteiger partial charge is 0.388 e. The first kappa shape index (κ1) is 10.3. The van der Waals surface area contributed by atoms with Gasteiger partial charge in [0, 0.05) is 0 Å². The molecule has 13 heavy (non-hydrogen) atoms. The number of aryl methyl sites for hydroxylation is 1. The van der Waals surface area contributed by atoms with Crippen molar-refractivity contribution in [1.82, 2.24) is 0 Å². The molecule has 0 aliphatic heterocycles. The predicted octanol–water partition coefficient (Wildman–Crippen LogP) is 3.07. The summed E-state index contributed by atoms with van der Waals surface area (Å²) in [5, 5.41) is 9.88. The number of hydrogen-bond acceptors (Lipinski definition) is 1. The van der Waals surface area contributed by atoms with Gasteiger partial charge in [-0.1, -0.05) is 50.1 Å². The van der Waals surface area contributed by atoms with Crippen LogP contribution >= 0.6 is 0 Å². The van der Waals surface area contributed by atoms with Crippen LogP contribution < -0.4 is 0 Å². The number of hydrogen-bond donors (Lipinski definition) is 1. The molecule has 0 heterocycles. The Morgan fingerprint density at radius 2 is 1.77 bits per heavy atom. The van der Waals surface area contributed by atoms with Crippen LogP contribution in [0.2, 0.25) is 0 Å². The first-order valence-electron chi connectivity index (χ1n) is 4.89. The van der Waals surface area contributed by atoms with Gasteiger partial charge < -0.3 is 5.11 Å². The molecule has 72 valence electrons. The van der Waals surface area contributed by atoms with Crippen molar-refractivity contribution in [2.75, 3.05) is 0 Å². The SMILES string of the molecule is CCC(C)C(O)c1ccc(C)cc1. The van der Waals surface area contributed by atoms with E-state index >= 15 is 0 Å². The zero-order valence-electron chi connectivity index (χ0n) is 8.62. The van der Waals surface area contributed by atoms with Crippen molar-refractivity contribution >= 4 is 0 Å². The fourth-order valence-electron chi connectivity index (χ4n) is 1.32. The lowest BCUT2D eigenvalue weighted by atomic mass is 9.95. The highest BCUT2D eigenvalue weighted by Gasteiger charge is 2.13. The Kier molecular flexibility index (Phi) is 3.49. The summed E-state index contributed by atoms with van der Waals surface area (Å²) in [7, 11) is 0. The second-order valence-corrected chi connectivity index (χ2v) is 3.74. The maximum atomic E-state index is 9.88. The molecule has 0 aliphatic rings. The van der Waals surface area contributed by atoms with E-state index in [1.807, 2.05) is 24.3 Å². The molecule has 0 bridgehead atoms. The van der Waals surface area contributed by atoms with E-state index in [1.54, 1.807) is 0 Å². The lowest BCUT2D eigenvalue weighted by Gasteiger charge is -2.17. The molecule has 0 spiro atoms. The molecule has 1 N–H and O–H groups in total. The predicted molar refractivity (Wildman–Crippen MR) is 55.6 cm³/mol. The maximum absolute atomic E-state index is 9.88. The van der Waals surface area contributed by atoms with Gasteiger partial charge >= 0.3 is 0 Å². The van der Waals surface area contributed by atoms with Crippen LogP contribution in [0.1, 0.15) is 37.5 Å². The van der Waals surface area contributed by atoms with Gasteiger partial charge in [0.1, 0.15) is 0 Å². The van der Waals surface area contributed by atoms with Gasteiger partial charge in [-0.3, -0.25) is 0 Å². The summed E-state index contributed by atoms with van der Waals surface area (Å²) in [6, 6.07) is 8.10. The number of aliphatic hydroxyl groups excluding tert-OH is 1. The summed E-state index contributed by atoms with van der Waals surface area (Å²) in [5.41, 5.74) is 2.26. The summed E-state index contributed by atoms with van der Waals surface area (Å²) in [6.07, 6.45) is 0.695. The van der Waals surface area contributed by atoms with Gasteiger partial charge in [-0.15, -0.1) is 0 Å². The van der Waals surface area contributed by atoms with Gasteiger partial charge in [-0.05, 0) is 18.4 Å². The van der Waals surface area contributed by atoms with Crippen molar-refractivity contribution in [3.05, 3.63) is 35.4 Å². The summed E-state index contributed by atoms with van der Waals surface area (Å²) in [4.78, 5) is 0. The van der Waals surface area contributed by atoms with Crippen LogP contribution in [-0.2, 0) is 0 Å². The molecule has 2 unspecified atom stereocenters. The van der Waals surface area contributed by atoms with Crippen LogP contribution in [0, 0.1) is 12.8 Å². The minimum Gasteiger partial charge on any atom is -0.388 e. The summed E-state index contributed by atoms with van der Waals surface area (Å²) in [5.74, 6) is 0.336. The molecular formula is C12H18O. The topological polar surface area (TPSA) is 20.2 Å². The molecule has 1 aromatic rings. The van der Waals surface area contributed by atoms with Crippen LogP contribution in [0.5, 0.6) is 0 Å². The van der Waals surface area contributed by atoms with E-state index in [2.05, 4.69) is 20.8 Å². The highest BCUT2D eigenvalue weighted by atomic mass is 16.3. The Hall–Kier alpha value is -0.820. The van der Waals surface area contributed by atoms with Crippen LogP contribution in [0.25, 0.3) is 0 Å². The third-order valence-corrected chi connectivity index (χ3v) is 2.60. The van der Waals surface area contributed by atoms with Gasteiger partial charge in [-0.25, -0.2) is 0 Å². The fraction of sp³-hybridized carbons (Fsp3) is 0.500. The second-order valence-electron chi connectivity index (χ2n) is 3.74. The monoisotopic (exact) mass is 178 g/mol. The first-order valence-corrected chi connectivity index (χ1v) is 4.89. The summed E-state index contributed by atoms with van der Waals surface area (Å²) in [6.45, 7) is 6.23. The Balaban J connectivity index is 2.77. The quantitative estimate of drug-likeness (QED) is 0.754. The smallest absolute Gasteiger partial charge is 0.0815 e. The standard InChI is InChI=1S/C12H18O/c1-4-10(3)12(13)11-7-5-9(2)6-8-11/h5-8,10,12-13H,4H2,1-3H3. The average molecular weight is 178 g/mol. The van der Waals surface area contributed by atoms with Crippen molar-refractivity contribution < 1.29 is 5.11 Å². The zero-order chi connectivity index (χ0) is 9.84. The summed E-state index contributed by atoms with van der Waals surface area (Å²) >= 11 is 0. The van der Waals surface area contributed by atoms with Crippen molar-refractivity contribution in [2.24, 2.45) is 5.92 Å². The zero-order valence-corrected chi connectivity index (χ0v) is 8.62. The molecule has 0 aliphatic carbocycles. The lowest BCUT2D eigenvalue weighted by molar-refractivity contribution is 0.115. The van der Waals surface area contributed by atoms with E-state index in [9.17, 15) is 5.11 Å². The van der Waals surface area contributed by atoms with Crippen LogP contribution in [0.4, 0.5) is 0 Å². The van der Waals surface area contributed by atoms with Crippen LogP contribution in [0.15, 0.2) is 24.3 Å². The van der Waals surface area contributed by atoms with E-state index in [0.717, 1.165) is 12.0 Å². The summed E-state index contributed by atoms with van der Waals surface area (Å²) < 4.78 is 0. The van der Waals surface area contributed by atoms with E-state index in [1.165, 1.54) is 5.56 Å². The van der Waals surface area contributed by atoms with Crippen molar-refractivity contribution in [1.29, 1.82) is 0 Å². The van der Waals surface area contributed by atoms with Crippen LogP contribution in [0.3, 0.4) is 0 Å². The lowest BCUT2D eigenvalue weighted by Crippen LogP contribution is -2.07. The molecule has 2 atom stereocenters. The molecule has 1 aromatic carbocycles. The van der Waals surface area contributed by atoms with E-state index < -0.39 is 0 Å². The molecule has 1 rings (SSSR count). The Bertz CT molecular complexity index is 250. The number of benzene rings is 1. The molecule has 1 heteroatoms. The van der Waals surface area contributed by atoms with Gasteiger partial charge in [0.15, 0.2) is 0 Å². The van der Waals surface area contributed by atoms with Crippen LogP contribution in [-0.4, -0.2) is 5.11 Å². The molecule has 0 radical (unpaired) electrons. The third-order valence-electron chi connectivity index (χ3n) is 2.60. The molecule has 0 fully saturated rings. The molecule has 1 nitrogen and oxygen atoms in total. The molecule has 0 saturated heterocycles. The molecular weight excluding hydrogens is 160 g/mol. The molecule has 0 amide bonds. The van der Waals surface area contributed by atoms with E-state index in [0.29, 0.717) is 5.92 Å². The number of rotatable bonds is 3. The second kappa shape index (κ2) is 4.43. The molecule has 0 aromatic heterocycles. The third kappa shape index (κ3) is 2.56. The van der Waals surface area contributed by atoms with Gasteiger partial charge in [-0.2, -0.15) is 0 Å². The Morgan fingerprint density at radius 3 is 2.23 bits per heavy atom. The van der Waals surface area contributed by atoms with Crippen molar-refractivity contribution in [3.8, 4) is 0 Å². The minimum absolute atomic E-state index is 0.314. The van der Waals surface area contributed by atoms with E-state index in [-0.39, 0.29) is 6.10 Å². The minimum atomic E-state index is -0.314.